The number of nitrogens with zero attached hydrogens (tertiary/aromatic N) is 2. The number of hydrogen-bond donors (Lipinski definition) is 1. The maximum atomic E-state index is 13.0. The molecule has 33 heavy (non-hydrogen) atoms. The molecule has 0 radical (unpaired) electrons. The Balaban J connectivity index is 1.79. The SMILES string of the molecule is Cc1ccccc1NC(=O)COC(=O)[C@H](CC(C)C)N1C(=O)c2cccc([N+](=O)[O-])c2C1=O. The number of amides is 3. The van der Waals surface area contributed by atoms with Crippen molar-refractivity contribution in [2.24, 2.45) is 5.92 Å². The van der Waals surface area contributed by atoms with Gasteiger partial charge in [-0.15, -0.1) is 0 Å². The molecule has 0 aliphatic carbocycles. The van der Waals surface area contributed by atoms with Crippen molar-refractivity contribution < 1.29 is 28.8 Å². The first-order valence-electron chi connectivity index (χ1n) is 10.3. The molecule has 3 rings (SSSR count). The number of nitrogens with one attached hydrogen (secondary N) is 1. The molecule has 0 saturated heterocycles. The molecule has 3 amide bonds. The molecule has 0 bridgehead atoms. The summed E-state index contributed by atoms with van der Waals surface area (Å²) in [5, 5.41) is 14.0. The standard InChI is InChI=1S/C23H23N3O7/c1-13(2)11-18(23(30)33-12-19(27)24-16-9-5-4-7-14(16)3)25-21(28)15-8-6-10-17(26(31)32)20(15)22(25)29/h4-10,13,18H,11-12H2,1-3H3,(H,24,27)/t18-/m0/s1. The van der Waals surface area contributed by atoms with Crippen LogP contribution >= 0.6 is 0 Å². The second kappa shape index (κ2) is 9.60. The molecular formula is C23H23N3O7. The van der Waals surface area contributed by atoms with E-state index in [4.69, 9.17) is 4.74 Å². The Morgan fingerprint density at radius 1 is 1.09 bits per heavy atom. The van der Waals surface area contributed by atoms with E-state index in [0.29, 0.717) is 10.6 Å². The van der Waals surface area contributed by atoms with Crippen molar-refractivity contribution in [3.8, 4) is 0 Å². The molecule has 0 saturated carbocycles. The Kier molecular flexibility index (Phi) is 6.86. The van der Waals surface area contributed by atoms with Crippen molar-refractivity contribution in [1.82, 2.24) is 4.90 Å². The molecule has 2 aromatic carbocycles. The summed E-state index contributed by atoms with van der Waals surface area (Å²) in [6.07, 6.45) is 0.0670. The van der Waals surface area contributed by atoms with E-state index in [2.05, 4.69) is 5.32 Å². The number of hydrogen-bond acceptors (Lipinski definition) is 7. The second-order valence-corrected chi connectivity index (χ2v) is 8.05. The number of carbonyl (C=O) groups is 4. The molecule has 1 aliphatic heterocycles. The predicted molar refractivity (Wildman–Crippen MR) is 118 cm³/mol. The van der Waals surface area contributed by atoms with Gasteiger partial charge in [0.1, 0.15) is 11.6 Å². The lowest BCUT2D eigenvalue weighted by atomic mass is 10.0. The first-order chi connectivity index (χ1) is 15.6. The lowest BCUT2D eigenvalue weighted by Gasteiger charge is -2.25. The minimum Gasteiger partial charge on any atom is -0.454 e. The molecule has 2 aromatic rings. The molecule has 10 heteroatoms. The Labute approximate surface area is 189 Å². The summed E-state index contributed by atoms with van der Waals surface area (Å²) in [6, 6.07) is 9.46. The summed E-state index contributed by atoms with van der Waals surface area (Å²) in [4.78, 5) is 62.3. The van der Waals surface area contributed by atoms with Gasteiger partial charge >= 0.3 is 5.97 Å². The van der Waals surface area contributed by atoms with Crippen LogP contribution in [0, 0.1) is 23.0 Å². The van der Waals surface area contributed by atoms with Gasteiger partial charge in [-0.1, -0.05) is 38.1 Å². The highest BCUT2D eigenvalue weighted by molar-refractivity contribution is 6.24. The number of rotatable bonds is 8. The zero-order valence-electron chi connectivity index (χ0n) is 18.4. The number of nitro benzene ring substituents is 1. The van der Waals surface area contributed by atoms with Crippen molar-refractivity contribution in [3.63, 3.8) is 0 Å². The molecule has 172 valence electrons. The molecule has 1 aliphatic rings. The highest BCUT2D eigenvalue weighted by atomic mass is 16.6. The van der Waals surface area contributed by atoms with Gasteiger partial charge in [-0.25, -0.2) is 4.79 Å². The van der Waals surface area contributed by atoms with Crippen molar-refractivity contribution in [2.75, 3.05) is 11.9 Å². The largest absolute Gasteiger partial charge is 0.454 e. The van der Waals surface area contributed by atoms with Crippen molar-refractivity contribution in [1.29, 1.82) is 0 Å². The number of carbonyl (C=O) groups excluding carboxylic acids is 4. The van der Waals surface area contributed by atoms with Crippen LogP contribution in [0.25, 0.3) is 0 Å². The highest BCUT2D eigenvalue weighted by Gasteiger charge is 2.47. The number of aryl methyl sites for hydroxylation is 1. The Hall–Kier alpha value is -4.08. The number of anilines is 1. The molecule has 0 aromatic heterocycles. The van der Waals surface area contributed by atoms with Crippen LogP contribution in [0.2, 0.25) is 0 Å². The van der Waals surface area contributed by atoms with E-state index < -0.39 is 47.0 Å². The monoisotopic (exact) mass is 453 g/mol. The van der Waals surface area contributed by atoms with Crippen LogP contribution in [-0.4, -0.2) is 46.2 Å². The lowest BCUT2D eigenvalue weighted by molar-refractivity contribution is -0.385. The number of esters is 1. The van der Waals surface area contributed by atoms with Gasteiger partial charge in [0.15, 0.2) is 6.61 Å². The fourth-order valence-electron chi connectivity index (χ4n) is 3.61. The van der Waals surface area contributed by atoms with Crippen LogP contribution < -0.4 is 5.32 Å². The van der Waals surface area contributed by atoms with E-state index in [9.17, 15) is 29.3 Å². The summed E-state index contributed by atoms with van der Waals surface area (Å²) in [6.45, 7) is 4.75. The Morgan fingerprint density at radius 2 is 1.79 bits per heavy atom. The van der Waals surface area contributed by atoms with Crippen LogP contribution in [0.15, 0.2) is 42.5 Å². The summed E-state index contributed by atoms with van der Waals surface area (Å²) < 4.78 is 5.13. The molecule has 1 atom stereocenters. The van der Waals surface area contributed by atoms with E-state index in [1.165, 1.54) is 12.1 Å². The van der Waals surface area contributed by atoms with Crippen molar-refractivity contribution >= 4 is 35.1 Å². The van der Waals surface area contributed by atoms with Gasteiger partial charge in [-0.2, -0.15) is 0 Å². The van der Waals surface area contributed by atoms with E-state index >= 15 is 0 Å². The van der Waals surface area contributed by atoms with Crippen LogP contribution in [-0.2, 0) is 14.3 Å². The molecule has 0 spiro atoms. The average molecular weight is 453 g/mol. The second-order valence-electron chi connectivity index (χ2n) is 8.05. The van der Waals surface area contributed by atoms with Crippen molar-refractivity contribution in [3.05, 3.63) is 69.3 Å². The van der Waals surface area contributed by atoms with Gasteiger partial charge < -0.3 is 10.1 Å². The van der Waals surface area contributed by atoms with Crippen molar-refractivity contribution in [2.45, 2.75) is 33.2 Å². The summed E-state index contributed by atoms with van der Waals surface area (Å²) in [5.74, 6) is -3.40. The summed E-state index contributed by atoms with van der Waals surface area (Å²) in [7, 11) is 0. The number of fused-ring (bicyclic) bond motifs is 1. The van der Waals surface area contributed by atoms with E-state index in [1.54, 1.807) is 26.0 Å². The predicted octanol–water partition coefficient (Wildman–Crippen LogP) is 3.10. The zero-order chi connectivity index (χ0) is 24.3. The minimum atomic E-state index is -1.33. The fourth-order valence-corrected chi connectivity index (χ4v) is 3.61. The molecule has 10 nitrogen and oxygen atoms in total. The Morgan fingerprint density at radius 3 is 2.42 bits per heavy atom. The van der Waals surface area contributed by atoms with Gasteiger partial charge in [-0.05, 0) is 37.0 Å². The smallest absolute Gasteiger partial charge is 0.329 e. The molecule has 1 N–H and O–H groups in total. The third kappa shape index (κ3) is 4.89. The topological polar surface area (TPSA) is 136 Å². The van der Waals surface area contributed by atoms with Crippen LogP contribution in [0.4, 0.5) is 11.4 Å². The van der Waals surface area contributed by atoms with Crippen LogP contribution in [0.3, 0.4) is 0 Å². The zero-order valence-corrected chi connectivity index (χ0v) is 18.4. The fraction of sp³-hybridized carbons (Fsp3) is 0.304. The summed E-state index contributed by atoms with van der Waals surface area (Å²) >= 11 is 0. The molecule has 0 fully saturated rings. The van der Waals surface area contributed by atoms with E-state index in [1.807, 2.05) is 19.1 Å². The first kappa shape index (κ1) is 23.6. The number of ether oxygens (including phenoxy) is 1. The minimum absolute atomic E-state index is 0.0670. The number of para-hydroxylation sites is 1. The van der Waals surface area contributed by atoms with Gasteiger partial charge in [0.05, 0.1) is 10.5 Å². The lowest BCUT2D eigenvalue weighted by Crippen LogP contribution is -2.47. The average Bonchev–Trinajstić information content (AvgIpc) is 3.02. The molecular weight excluding hydrogens is 430 g/mol. The maximum absolute atomic E-state index is 13.0. The third-order valence-electron chi connectivity index (χ3n) is 5.16. The number of nitro groups is 1. The van der Waals surface area contributed by atoms with E-state index in [-0.39, 0.29) is 23.5 Å². The normalized spacial score (nSPS) is 13.6. The van der Waals surface area contributed by atoms with Gasteiger partial charge in [0.2, 0.25) is 0 Å². The quantitative estimate of drug-likeness (QED) is 0.281. The first-order valence-corrected chi connectivity index (χ1v) is 10.3. The van der Waals surface area contributed by atoms with Crippen LogP contribution in [0.1, 0.15) is 46.5 Å². The summed E-state index contributed by atoms with van der Waals surface area (Å²) in [5.41, 5.74) is 0.370. The third-order valence-corrected chi connectivity index (χ3v) is 5.16. The number of benzene rings is 2. The van der Waals surface area contributed by atoms with Gasteiger partial charge in [0, 0.05) is 11.8 Å². The Bertz CT molecular complexity index is 1140. The number of imide groups is 1. The highest BCUT2D eigenvalue weighted by Crippen LogP contribution is 2.33. The molecule has 1 heterocycles. The maximum Gasteiger partial charge on any atom is 0.329 e. The van der Waals surface area contributed by atoms with Gasteiger partial charge in [-0.3, -0.25) is 29.4 Å². The van der Waals surface area contributed by atoms with Crippen LogP contribution in [0.5, 0.6) is 0 Å². The van der Waals surface area contributed by atoms with E-state index in [0.717, 1.165) is 11.6 Å². The van der Waals surface area contributed by atoms with Gasteiger partial charge in [0.25, 0.3) is 23.4 Å². The molecule has 0 unspecified atom stereocenters.